The second kappa shape index (κ2) is 6.30. The smallest absolute Gasteiger partial charge is 0.273 e. The standard InChI is InChI=1S/C17H24N4O/c1-10(2)13(5)18-17(22)16-14(6)19-21(20-16)15-8-7-11(3)9-12(15)4/h7-10,13H,1-6H3,(H,18,22). The van der Waals surface area contributed by atoms with E-state index in [-0.39, 0.29) is 11.9 Å². The van der Waals surface area contributed by atoms with Crippen LogP contribution in [0.15, 0.2) is 18.2 Å². The number of rotatable bonds is 4. The molecule has 0 aliphatic rings. The molecule has 2 aromatic rings. The van der Waals surface area contributed by atoms with E-state index < -0.39 is 0 Å². The average molecular weight is 300 g/mol. The normalized spacial score (nSPS) is 12.5. The van der Waals surface area contributed by atoms with Gasteiger partial charge in [0, 0.05) is 6.04 Å². The summed E-state index contributed by atoms with van der Waals surface area (Å²) in [5.41, 5.74) is 4.18. The number of hydrogen-bond acceptors (Lipinski definition) is 3. The summed E-state index contributed by atoms with van der Waals surface area (Å²) in [5, 5.41) is 11.7. The molecule has 22 heavy (non-hydrogen) atoms. The van der Waals surface area contributed by atoms with Gasteiger partial charge in [0.25, 0.3) is 5.91 Å². The molecule has 0 radical (unpaired) electrons. The third kappa shape index (κ3) is 3.35. The monoisotopic (exact) mass is 300 g/mol. The van der Waals surface area contributed by atoms with Crippen LogP contribution in [0.3, 0.4) is 0 Å². The lowest BCUT2D eigenvalue weighted by molar-refractivity contribution is 0.0924. The fourth-order valence-electron chi connectivity index (χ4n) is 2.17. The maximum absolute atomic E-state index is 12.3. The molecule has 0 fully saturated rings. The van der Waals surface area contributed by atoms with Crippen LogP contribution in [0.1, 0.15) is 48.1 Å². The first-order valence-corrected chi connectivity index (χ1v) is 7.62. The quantitative estimate of drug-likeness (QED) is 0.944. The second-order valence-corrected chi connectivity index (χ2v) is 6.22. The Morgan fingerprint density at radius 2 is 1.82 bits per heavy atom. The van der Waals surface area contributed by atoms with Gasteiger partial charge >= 0.3 is 0 Å². The van der Waals surface area contributed by atoms with Crippen molar-refractivity contribution in [2.45, 2.75) is 47.6 Å². The van der Waals surface area contributed by atoms with E-state index in [1.54, 1.807) is 4.80 Å². The summed E-state index contributed by atoms with van der Waals surface area (Å²) in [5.74, 6) is 0.202. The number of aromatic nitrogens is 3. The number of aryl methyl sites for hydroxylation is 3. The molecule has 1 N–H and O–H groups in total. The molecule has 1 aromatic heterocycles. The van der Waals surface area contributed by atoms with E-state index >= 15 is 0 Å². The maximum Gasteiger partial charge on any atom is 0.273 e. The Bertz CT molecular complexity index is 688. The van der Waals surface area contributed by atoms with Crippen molar-refractivity contribution in [3.05, 3.63) is 40.7 Å². The zero-order valence-corrected chi connectivity index (χ0v) is 14.1. The van der Waals surface area contributed by atoms with Crippen molar-refractivity contribution in [1.82, 2.24) is 20.3 Å². The Hall–Kier alpha value is -2.17. The van der Waals surface area contributed by atoms with E-state index in [0.717, 1.165) is 11.3 Å². The van der Waals surface area contributed by atoms with Crippen LogP contribution in [0.4, 0.5) is 0 Å². The molecule has 1 amide bonds. The molecule has 2 rings (SSSR count). The van der Waals surface area contributed by atoms with Gasteiger partial charge in [-0.1, -0.05) is 31.5 Å². The Labute approximate surface area is 131 Å². The van der Waals surface area contributed by atoms with Crippen molar-refractivity contribution < 1.29 is 4.79 Å². The Kier molecular flexibility index (Phi) is 4.64. The lowest BCUT2D eigenvalue weighted by atomic mass is 10.1. The van der Waals surface area contributed by atoms with Crippen LogP contribution in [-0.4, -0.2) is 26.9 Å². The fourth-order valence-corrected chi connectivity index (χ4v) is 2.17. The summed E-state index contributed by atoms with van der Waals surface area (Å²) >= 11 is 0. The highest BCUT2D eigenvalue weighted by Gasteiger charge is 2.19. The molecule has 1 aromatic carbocycles. The summed E-state index contributed by atoms with van der Waals surface area (Å²) in [6.45, 7) is 12.0. The van der Waals surface area contributed by atoms with Crippen LogP contribution >= 0.6 is 0 Å². The van der Waals surface area contributed by atoms with E-state index in [1.807, 2.05) is 39.8 Å². The molecule has 1 heterocycles. The van der Waals surface area contributed by atoms with Crippen LogP contribution in [0.5, 0.6) is 0 Å². The van der Waals surface area contributed by atoms with Gasteiger partial charge in [-0.25, -0.2) is 0 Å². The van der Waals surface area contributed by atoms with Gasteiger partial charge in [-0.3, -0.25) is 4.79 Å². The van der Waals surface area contributed by atoms with Gasteiger partial charge in [0.1, 0.15) is 0 Å². The van der Waals surface area contributed by atoms with E-state index in [4.69, 9.17) is 0 Å². The van der Waals surface area contributed by atoms with Crippen LogP contribution in [0, 0.1) is 26.7 Å². The summed E-state index contributed by atoms with van der Waals surface area (Å²) in [6.07, 6.45) is 0. The predicted octanol–water partition coefficient (Wildman–Crippen LogP) is 2.97. The van der Waals surface area contributed by atoms with Crippen LogP contribution in [0.2, 0.25) is 0 Å². The van der Waals surface area contributed by atoms with Gasteiger partial charge in [-0.15, -0.1) is 5.10 Å². The minimum Gasteiger partial charge on any atom is -0.348 e. The summed E-state index contributed by atoms with van der Waals surface area (Å²) in [7, 11) is 0. The van der Waals surface area contributed by atoms with Gasteiger partial charge in [0.2, 0.25) is 0 Å². The molecule has 0 bridgehead atoms. The first kappa shape index (κ1) is 16.2. The zero-order valence-electron chi connectivity index (χ0n) is 14.1. The summed E-state index contributed by atoms with van der Waals surface area (Å²) in [6, 6.07) is 6.16. The molecule has 0 aliphatic heterocycles. The Morgan fingerprint density at radius 1 is 1.14 bits per heavy atom. The van der Waals surface area contributed by atoms with Gasteiger partial charge in [0.05, 0.1) is 11.4 Å². The largest absolute Gasteiger partial charge is 0.348 e. The van der Waals surface area contributed by atoms with E-state index in [9.17, 15) is 4.79 Å². The Morgan fingerprint density at radius 3 is 2.41 bits per heavy atom. The SMILES string of the molecule is Cc1ccc(-n2nc(C)c(C(=O)NC(C)C(C)C)n2)c(C)c1. The second-order valence-electron chi connectivity index (χ2n) is 6.22. The van der Waals surface area contributed by atoms with Gasteiger partial charge < -0.3 is 5.32 Å². The molecule has 0 saturated heterocycles. The van der Waals surface area contributed by atoms with Crippen LogP contribution in [0.25, 0.3) is 5.69 Å². The summed E-state index contributed by atoms with van der Waals surface area (Å²) in [4.78, 5) is 13.9. The van der Waals surface area contributed by atoms with Crippen LogP contribution in [-0.2, 0) is 0 Å². The van der Waals surface area contributed by atoms with Gasteiger partial charge in [-0.05, 0) is 45.2 Å². The van der Waals surface area contributed by atoms with E-state index in [1.165, 1.54) is 5.56 Å². The molecule has 1 unspecified atom stereocenters. The molecular formula is C17H24N4O. The van der Waals surface area contributed by atoms with E-state index in [0.29, 0.717) is 17.3 Å². The van der Waals surface area contributed by atoms with Crippen molar-refractivity contribution in [1.29, 1.82) is 0 Å². The minimum atomic E-state index is -0.172. The third-order valence-corrected chi connectivity index (χ3v) is 3.92. The van der Waals surface area contributed by atoms with Gasteiger partial charge in [-0.2, -0.15) is 9.90 Å². The Balaban J connectivity index is 2.30. The predicted molar refractivity (Wildman–Crippen MR) is 87.3 cm³/mol. The summed E-state index contributed by atoms with van der Waals surface area (Å²) < 4.78 is 0. The maximum atomic E-state index is 12.3. The molecule has 0 spiro atoms. The molecule has 0 aliphatic carbocycles. The fraction of sp³-hybridized carbons (Fsp3) is 0.471. The average Bonchev–Trinajstić information content (AvgIpc) is 2.80. The van der Waals surface area contributed by atoms with Crippen LogP contribution < -0.4 is 5.32 Å². The number of benzene rings is 1. The molecular weight excluding hydrogens is 276 g/mol. The number of nitrogens with zero attached hydrogens (tertiary/aromatic N) is 3. The topological polar surface area (TPSA) is 59.8 Å². The van der Waals surface area contributed by atoms with Crippen molar-refractivity contribution in [2.24, 2.45) is 5.92 Å². The highest BCUT2D eigenvalue weighted by atomic mass is 16.2. The number of carbonyl (C=O) groups excluding carboxylic acids is 1. The molecule has 5 nitrogen and oxygen atoms in total. The number of nitrogens with one attached hydrogen (secondary N) is 1. The first-order valence-electron chi connectivity index (χ1n) is 7.62. The van der Waals surface area contributed by atoms with Crippen molar-refractivity contribution in [2.75, 3.05) is 0 Å². The van der Waals surface area contributed by atoms with Crippen molar-refractivity contribution >= 4 is 5.91 Å². The highest BCUT2D eigenvalue weighted by Crippen LogP contribution is 2.15. The lowest BCUT2D eigenvalue weighted by Gasteiger charge is -2.16. The highest BCUT2D eigenvalue weighted by molar-refractivity contribution is 5.93. The van der Waals surface area contributed by atoms with Crippen molar-refractivity contribution in [3.8, 4) is 5.69 Å². The number of hydrogen-bond donors (Lipinski definition) is 1. The number of carbonyl (C=O) groups is 1. The zero-order chi connectivity index (χ0) is 16.4. The lowest BCUT2D eigenvalue weighted by Crippen LogP contribution is -2.36. The third-order valence-electron chi connectivity index (χ3n) is 3.92. The first-order chi connectivity index (χ1) is 10.3. The van der Waals surface area contributed by atoms with Crippen molar-refractivity contribution in [3.63, 3.8) is 0 Å². The molecule has 0 saturated carbocycles. The molecule has 5 heteroatoms. The number of amides is 1. The molecule has 1 atom stereocenters. The minimum absolute atomic E-state index is 0.0955. The molecule has 118 valence electrons. The van der Waals surface area contributed by atoms with Gasteiger partial charge in [0.15, 0.2) is 5.69 Å². The van der Waals surface area contributed by atoms with E-state index in [2.05, 4.69) is 35.4 Å².